The Morgan fingerprint density at radius 2 is 1.80 bits per heavy atom. The molecule has 1 heterocycles. The third-order valence-corrected chi connectivity index (χ3v) is 4.40. The lowest BCUT2D eigenvalue weighted by Crippen LogP contribution is -2.44. The van der Waals surface area contributed by atoms with Gasteiger partial charge in [0.2, 0.25) is 10.0 Å². The molecule has 2 rings (SSSR count). The molecule has 1 atom stereocenters. The fourth-order valence-corrected chi connectivity index (χ4v) is 2.80. The minimum Gasteiger partial charge on any atom is -0.337 e. The van der Waals surface area contributed by atoms with E-state index in [1.54, 1.807) is 0 Å². The summed E-state index contributed by atoms with van der Waals surface area (Å²) < 4.78 is 22.3. The first-order valence-corrected chi connectivity index (χ1v) is 8.10. The van der Waals surface area contributed by atoms with Crippen LogP contribution < -0.4 is 10.5 Å². The van der Waals surface area contributed by atoms with Crippen molar-refractivity contribution in [2.24, 2.45) is 5.14 Å². The molecular formula is C13H19N3O3S. The lowest BCUT2D eigenvalue weighted by atomic mass is 10.2. The van der Waals surface area contributed by atoms with Crippen molar-refractivity contribution in [2.75, 3.05) is 13.1 Å². The summed E-state index contributed by atoms with van der Waals surface area (Å²) in [6.45, 7) is 3.93. The molecule has 1 aliphatic rings. The normalized spacial score (nSPS) is 17.9. The van der Waals surface area contributed by atoms with Crippen molar-refractivity contribution in [3.63, 3.8) is 0 Å². The Bertz CT molecular complexity index is 577. The highest BCUT2D eigenvalue weighted by Crippen LogP contribution is 2.12. The molecule has 1 aromatic carbocycles. The van der Waals surface area contributed by atoms with E-state index in [4.69, 9.17) is 5.14 Å². The SMILES string of the molecule is CC(NC(=O)c1ccc(S(N)(=O)=O)cc1)N1CCCC1. The number of carbonyl (C=O) groups is 1. The molecule has 0 spiro atoms. The molecule has 6 nitrogen and oxygen atoms in total. The second-order valence-corrected chi connectivity index (χ2v) is 6.52. The van der Waals surface area contributed by atoms with E-state index in [0.29, 0.717) is 5.56 Å². The van der Waals surface area contributed by atoms with Crippen molar-refractivity contribution in [3.05, 3.63) is 29.8 Å². The number of primary sulfonamides is 1. The number of rotatable bonds is 4. The summed E-state index contributed by atoms with van der Waals surface area (Å²) >= 11 is 0. The number of likely N-dealkylation sites (tertiary alicyclic amines) is 1. The molecule has 1 fully saturated rings. The van der Waals surface area contributed by atoms with Crippen LogP contribution in [-0.4, -0.2) is 38.5 Å². The fourth-order valence-electron chi connectivity index (χ4n) is 2.29. The summed E-state index contributed by atoms with van der Waals surface area (Å²) in [5, 5.41) is 7.91. The van der Waals surface area contributed by atoms with Gasteiger partial charge < -0.3 is 5.32 Å². The molecule has 1 amide bonds. The highest BCUT2D eigenvalue weighted by molar-refractivity contribution is 7.89. The highest BCUT2D eigenvalue weighted by Gasteiger charge is 2.20. The van der Waals surface area contributed by atoms with E-state index in [1.165, 1.54) is 24.3 Å². The van der Waals surface area contributed by atoms with Crippen LogP contribution in [0.5, 0.6) is 0 Å². The fraction of sp³-hybridized carbons (Fsp3) is 0.462. The topological polar surface area (TPSA) is 92.5 Å². The molecule has 1 saturated heterocycles. The summed E-state index contributed by atoms with van der Waals surface area (Å²) in [5.41, 5.74) is 0.420. The molecule has 1 unspecified atom stereocenters. The molecule has 20 heavy (non-hydrogen) atoms. The lowest BCUT2D eigenvalue weighted by Gasteiger charge is -2.24. The molecule has 0 aliphatic carbocycles. The predicted molar refractivity (Wildman–Crippen MR) is 75.6 cm³/mol. The molecule has 0 saturated carbocycles. The van der Waals surface area contributed by atoms with Crippen molar-refractivity contribution in [3.8, 4) is 0 Å². The Kier molecular flexibility index (Phi) is 4.42. The minimum atomic E-state index is -3.72. The Hall–Kier alpha value is -1.44. The van der Waals surface area contributed by atoms with E-state index in [9.17, 15) is 13.2 Å². The third-order valence-electron chi connectivity index (χ3n) is 3.47. The number of carbonyl (C=O) groups excluding carboxylic acids is 1. The smallest absolute Gasteiger partial charge is 0.252 e. The maximum Gasteiger partial charge on any atom is 0.252 e. The maximum atomic E-state index is 12.1. The van der Waals surface area contributed by atoms with E-state index in [-0.39, 0.29) is 17.0 Å². The number of hydrogen-bond acceptors (Lipinski definition) is 4. The summed E-state index contributed by atoms with van der Waals surface area (Å²) in [7, 11) is -3.72. The van der Waals surface area contributed by atoms with Gasteiger partial charge in [0.05, 0.1) is 11.1 Å². The summed E-state index contributed by atoms with van der Waals surface area (Å²) in [4.78, 5) is 14.3. The van der Waals surface area contributed by atoms with Gasteiger partial charge in [0.25, 0.3) is 5.91 Å². The van der Waals surface area contributed by atoms with Gasteiger partial charge in [0.15, 0.2) is 0 Å². The number of sulfonamides is 1. The molecule has 1 aromatic rings. The maximum absolute atomic E-state index is 12.1. The highest BCUT2D eigenvalue weighted by atomic mass is 32.2. The quantitative estimate of drug-likeness (QED) is 0.846. The third kappa shape index (κ3) is 3.56. The van der Waals surface area contributed by atoms with Crippen molar-refractivity contribution < 1.29 is 13.2 Å². The lowest BCUT2D eigenvalue weighted by molar-refractivity contribution is 0.0885. The van der Waals surface area contributed by atoms with Crippen LogP contribution in [0.2, 0.25) is 0 Å². The van der Waals surface area contributed by atoms with Crippen LogP contribution in [0.15, 0.2) is 29.2 Å². The van der Waals surface area contributed by atoms with Crippen molar-refractivity contribution >= 4 is 15.9 Å². The van der Waals surface area contributed by atoms with E-state index in [1.807, 2.05) is 6.92 Å². The zero-order valence-corrected chi connectivity index (χ0v) is 12.2. The van der Waals surface area contributed by atoms with Crippen molar-refractivity contribution in [1.82, 2.24) is 10.2 Å². The van der Waals surface area contributed by atoms with Gasteiger partial charge in [-0.1, -0.05) is 0 Å². The first kappa shape index (κ1) is 15.0. The van der Waals surface area contributed by atoms with Crippen molar-refractivity contribution in [2.45, 2.75) is 30.8 Å². The first-order valence-electron chi connectivity index (χ1n) is 6.56. The molecule has 0 aromatic heterocycles. The number of nitrogens with one attached hydrogen (secondary N) is 1. The second-order valence-electron chi connectivity index (χ2n) is 4.96. The van der Waals surface area contributed by atoms with E-state index in [2.05, 4.69) is 10.2 Å². The number of nitrogens with zero attached hydrogens (tertiary/aromatic N) is 1. The van der Waals surface area contributed by atoms with Crippen LogP contribution in [0.4, 0.5) is 0 Å². The molecule has 0 radical (unpaired) electrons. The Labute approximate surface area is 119 Å². The molecule has 0 bridgehead atoms. The van der Waals surface area contributed by atoms with E-state index in [0.717, 1.165) is 25.9 Å². The van der Waals surface area contributed by atoms with Gasteiger partial charge in [-0.05, 0) is 44.0 Å². The monoisotopic (exact) mass is 297 g/mol. The van der Waals surface area contributed by atoms with Crippen LogP contribution in [0.3, 0.4) is 0 Å². The largest absolute Gasteiger partial charge is 0.337 e. The first-order chi connectivity index (χ1) is 9.38. The molecule has 7 heteroatoms. The van der Waals surface area contributed by atoms with Gasteiger partial charge in [-0.3, -0.25) is 9.69 Å². The Balaban J connectivity index is 2.02. The van der Waals surface area contributed by atoms with E-state index < -0.39 is 10.0 Å². The van der Waals surface area contributed by atoms with Crippen molar-refractivity contribution in [1.29, 1.82) is 0 Å². The van der Waals surface area contributed by atoms with Gasteiger partial charge in [-0.2, -0.15) is 0 Å². The number of benzene rings is 1. The van der Waals surface area contributed by atoms with Crippen LogP contribution in [0.1, 0.15) is 30.1 Å². The van der Waals surface area contributed by atoms with Crippen LogP contribution >= 0.6 is 0 Å². The molecular weight excluding hydrogens is 278 g/mol. The summed E-state index contributed by atoms with van der Waals surface area (Å²) in [5.74, 6) is -0.217. The Morgan fingerprint density at radius 3 is 2.30 bits per heavy atom. The van der Waals surface area contributed by atoms with E-state index >= 15 is 0 Å². The average molecular weight is 297 g/mol. The number of hydrogen-bond donors (Lipinski definition) is 2. The zero-order chi connectivity index (χ0) is 14.8. The zero-order valence-electron chi connectivity index (χ0n) is 11.4. The number of nitrogens with two attached hydrogens (primary N) is 1. The van der Waals surface area contributed by atoms with Crippen LogP contribution in [0.25, 0.3) is 0 Å². The molecule has 3 N–H and O–H groups in total. The molecule has 1 aliphatic heterocycles. The second kappa shape index (κ2) is 5.90. The Morgan fingerprint density at radius 1 is 1.25 bits per heavy atom. The minimum absolute atomic E-state index is 0.00152. The van der Waals surface area contributed by atoms with Gasteiger partial charge in [0.1, 0.15) is 0 Å². The van der Waals surface area contributed by atoms with Gasteiger partial charge >= 0.3 is 0 Å². The van der Waals surface area contributed by atoms with Gasteiger partial charge in [0, 0.05) is 18.7 Å². The predicted octanol–water partition coefficient (Wildman–Crippen LogP) is 0.506. The average Bonchev–Trinajstić information content (AvgIpc) is 2.91. The summed E-state index contributed by atoms with van der Waals surface area (Å²) in [6.07, 6.45) is 2.29. The van der Waals surface area contributed by atoms with Crippen LogP contribution in [-0.2, 0) is 10.0 Å². The standard InChI is InChI=1S/C13H19N3O3S/c1-10(16-8-2-3-9-16)15-13(17)11-4-6-12(7-5-11)20(14,18)19/h4-7,10H,2-3,8-9H2,1H3,(H,15,17)(H2,14,18,19). The molecule has 110 valence electrons. The van der Waals surface area contributed by atoms with Gasteiger partial charge in [-0.25, -0.2) is 13.6 Å². The summed E-state index contributed by atoms with van der Waals surface area (Å²) in [6, 6.07) is 5.60. The number of amides is 1. The van der Waals surface area contributed by atoms with Gasteiger partial charge in [-0.15, -0.1) is 0 Å². The van der Waals surface area contributed by atoms with Crippen LogP contribution in [0, 0.1) is 0 Å².